The molecule has 0 saturated carbocycles. The van der Waals surface area contributed by atoms with Crippen LogP contribution >= 0.6 is 0 Å². The fourth-order valence-corrected chi connectivity index (χ4v) is 1.68. The van der Waals surface area contributed by atoms with Crippen LogP contribution in [0.2, 0.25) is 0 Å². The Morgan fingerprint density at radius 2 is 2.39 bits per heavy atom. The predicted octanol–water partition coefficient (Wildman–Crippen LogP) is 1.34. The number of carbonyl (C=O) groups excluding carboxylic acids is 1. The van der Waals surface area contributed by atoms with Gasteiger partial charge in [0, 0.05) is 17.5 Å². The number of allylic oxidation sites excluding steroid dienone is 2. The Morgan fingerprint density at radius 1 is 1.56 bits per heavy atom. The molecule has 1 aliphatic rings. The SMILES string of the molecule is COC(=O)C1=CCC=C(c2cccnc2C#N)N1. The van der Waals surface area contributed by atoms with Crippen molar-refractivity contribution in [1.29, 1.82) is 5.26 Å². The van der Waals surface area contributed by atoms with Gasteiger partial charge in [-0.3, -0.25) is 0 Å². The number of carbonyl (C=O) groups is 1. The topological polar surface area (TPSA) is 75.0 Å². The van der Waals surface area contributed by atoms with Gasteiger partial charge in [0.25, 0.3) is 0 Å². The van der Waals surface area contributed by atoms with Crippen LogP contribution in [0.15, 0.2) is 36.2 Å². The zero-order valence-corrected chi connectivity index (χ0v) is 9.80. The molecule has 0 amide bonds. The van der Waals surface area contributed by atoms with Gasteiger partial charge >= 0.3 is 5.97 Å². The molecular formula is C13H11N3O2. The van der Waals surface area contributed by atoms with Crippen LogP contribution in [0.25, 0.3) is 5.70 Å². The second-order valence-corrected chi connectivity index (χ2v) is 3.60. The summed E-state index contributed by atoms with van der Waals surface area (Å²) in [6.07, 6.45) is 5.79. The number of dihydropyridines is 1. The maximum Gasteiger partial charge on any atom is 0.354 e. The van der Waals surface area contributed by atoms with Gasteiger partial charge in [-0.1, -0.05) is 6.08 Å². The first-order valence-electron chi connectivity index (χ1n) is 5.37. The number of ether oxygens (including phenoxy) is 1. The van der Waals surface area contributed by atoms with Crippen LogP contribution in [0, 0.1) is 11.3 Å². The van der Waals surface area contributed by atoms with E-state index in [4.69, 9.17) is 5.26 Å². The van der Waals surface area contributed by atoms with Gasteiger partial charge in [-0.2, -0.15) is 5.26 Å². The summed E-state index contributed by atoms with van der Waals surface area (Å²) in [5, 5.41) is 11.9. The summed E-state index contributed by atoms with van der Waals surface area (Å²) in [4.78, 5) is 15.4. The third kappa shape index (κ3) is 2.23. The maximum absolute atomic E-state index is 11.4. The zero-order chi connectivity index (χ0) is 13.0. The highest BCUT2D eigenvalue weighted by Gasteiger charge is 2.17. The number of hydrogen-bond acceptors (Lipinski definition) is 5. The second-order valence-electron chi connectivity index (χ2n) is 3.60. The van der Waals surface area contributed by atoms with E-state index >= 15 is 0 Å². The Balaban J connectivity index is 2.29. The van der Waals surface area contributed by atoms with Crippen LogP contribution < -0.4 is 5.32 Å². The molecule has 1 aromatic rings. The molecule has 0 fully saturated rings. The lowest BCUT2D eigenvalue weighted by Crippen LogP contribution is -2.23. The Hall–Kier alpha value is -2.61. The van der Waals surface area contributed by atoms with Crippen molar-refractivity contribution in [2.24, 2.45) is 0 Å². The van der Waals surface area contributed by atoms with E-state index in [1.54, 1.807) is 24.4 Å². The van der Waals surface area contributed by atoms with E-state index in [9.17, 15) is 4.79 Å². The van der Waals surface area contributed by atoms with Crippen molar-refractivity contribution in [3.63, 3.8) is 0 Å². The van der Waals surface area contributed by atoms with Crippen molar-refractivity contribution >= 4 is 11.7 Å². The van der Waals surface area contributed by atoms with Crippen molar-refractivity contribution in [2.45, 2.75) is 6.42 Å². The van der Waals surface area contributed by atoms with Gasteiger partial charge in [0.1, 0.15) is 17.5 Å². The summed E-state index contributed by atoms with van der Waals surface area (Å²) in [6.45, 7) is 0. The number of esters is 1. The molecule has 18 heavy (non-hydrogen) atoms. The predicted molar refractivity (Wildman–Crippen MR) is 64.8 cm³/mol. The van der Waals surface area contributed by atoms with Gasteiger partial charge in [0.05, 0.1) is 7.11 Å². The van der Waals surface area contributed by atoms with Gasteiger partial charge in [0.15, 0.2) is 0 Å². The molecule has 0 aliphatic carbocycles. The number of nitriles is 1. The molecule has 0 radical (unpaired) electrons. The molecule has 0 saturated heterocycles. The van der Waals surface area contributed by atoms with Crippen molar-refractivity contribution < 1.29 is 9.53 Å². The summed E-state index contributed by atoms with van der Waals surface area (Å²) in [5.74, 6) is -0.428. The van der Waals surface area contributed by atoms with Crippen LogP contribution in [0.4, 0.5) is 0 Å². The van der Waals surface area contributed by atoms with E-state index in [-0.39, 0.29) is 0 Å². The Bertz CT molecular complexity index is 582. The van der Waals surface area contributed by atoms with Gasteiger partial charge in [-0.15, -0.1) is 0 Å². The Morgan fingerprint density at radius 3 is 3.11 bits per heavy atom. The normalized spacial score (nSPS) is 13.8. The molecule has 0 bridgehead atoms. The number of nitrogens with zero attached hydrogens (tertiary/aromatic N) is 2. The molecular weight excluding hydrogens is 230 g/mol. The van der Waals surface area contributed by atoms with Crippen molar-refractivity contribution in [3.8, 4) is 6.07 Å². The number of hydrogen-bond donors (Lipinski definition) is 1. The molecule has 0 spiro atoms. The van der Waals surface area contributed by atoms with Crippen LogP contribution in [-0.4, -0.2) is 18.1 Å². The molecule has 1 N–H and O–H groups in total. The average molecular weight is 241 g/mol. The third-order valence-corrected chi connectivity index (χ3v) is 2.52. The smallest absolute Gasteiger partial charge is 0.354 e. The fraction of sp³-hybridized carbons (Fsp3) is 0.154. The second kappa shape index (κ2) is 5.15. The first kappa shape index (κ1) is 11.9. The fourth-order valence-electron chi connectivity index (χ4n) is 1.68. The molecule has 90 valence electrons. The van der Waals surface area contributed by atoms with Crippen LogP contribution in [0.1, 0.15) is 17.7 Å². The van der Waals surface area contributed by atoms with Gasteiger partial charge < -0.3 is 10.1 Å². The number of methoxy groups -OCH3 is 1. The van der Waals surface area contributed by atoms with Crippen LogP contribution in [0.5, 0.6) is 0 Å². The highest BCUT2D eigenvalue weighted by molar-refractivity contribution is 5.91. The molecule has 2 heterocycles. The Kier molecular flexibility index (Phi) is 3.39. The van der Waals surface area contributed by atoms with E-state index < -0.39 is 5.97 Å². The molecule has 0 atom stereocenters. The van der Waals surface area contributed by atoms with E-state index in [1.165, 1.54) is 7.11 Å². The minimum absolute atomic E-state index is 0.322. The molecule has 2 rings (SSSR count). The lowest BCUT2D eigenvalue weighted by atomic mass is 10.1. The summed E-state index contributed by atoms with van der Waals surface area (Å²) in [5.41, 5.74) is 2.07. The monoisotopic (exact) mass is 241 g/mol. The largest absolute Gasteiger partial charge is 0.464 e. The first-order valence-corrected chi connectivity index (χ1v) is 5.37. The number of rotatable bonds is 2. The summed E-state index contributed by atoms with van der Waals surface area (Å²) in [7, 11) is 1.33. The maximum atomic E-state index is 11.4. The van der Waals surface area contributed by atoms with E-state index in [0.29, 0.717) is 29.1 Å². The molecule has 1 aromatic heterocycles. The number of nitrogens with one attached hydrogen (secondary N) is 1. The van der Waals surface area contributed by atoms with Crippen LogP contribution in [0.3, 0.4) is 0 Å². The average Bonchev–Trinajstić information content (AvgIpc) is 2.46. The molecule has 0 aromatic carbocycles. The molecule has 5 nitrogen and oxygen atoms in total. The van der Waals surface area contributed by atoms with Crippen molar-refractivity contribution in [1.82, 2.24) is 10.3 Å². The van der Waals surface area contributed by atoms with Gasteiger partial charge in [0.2, 0.25) is 0 Å². The molecule has 5 heteroatoms. The zero-order valence-electron chi connectivity index (χ0n) is 9.80. The lowest BCUT2D eigenvalue weighted by Gasteiger charge is -2.17. The highest BCUT2D eigenvalue weighted by Crippen LogP contribution is 2.20. The highest BCUT2D eigenvalue weighted by atomic mass is 16.5. The lowest BCUT2D eigenvalue weighted by molar-refractivity contribution is -0.136. The van der Waals surface area contributed by atoms with Crippen molar-refractivity contribution in [2.75, 3.05) is 7.11 Å². The summed E-state index contributed by atoms with van der Waals surface area (Å²) in [6, 6.07) is 5.55. The van der Waals surface area contributed by atoms with Crippen LogP contribution in [-0.2, 0) is 9.53 Å². The number of pyridine rings is 1. The van der Waals surface area contributed by atoms with E-state index in [2.05, 4.69) is 15.0 Å². The minimum Gasteiger partial charge on any atom is -0.464 e. The first-order chi connectivity index (χ1) is 8.76. The van der Waals surface area contributed by atoms with Crippen molar-refractivity contribution in [3.05, 3.63) is 47.4 Å². The van der Waals surface area contributed by atoms with E-state index in [1.807, 2.05) is 12.1 Å². The quantitative estimate of drug-likeness (QED) is 0.791. The van der Waals surface area contributed by atoms with E-state index in [0.717, 1.165) is 0 Å². The van der Waals surface area contributed by atoms with Gasteiger partial charge in [-0.25, -0.2) is 9.78 Å². The van der Waals surface area contributed by atoms with Gasteiger partial charge in [-0.05, 0) is 24.6 Å². The minimum atomic E-state index is -0.428. The summed E-state index contributed by atoms with van der Waals surface area (Å²) < 4.78 is 4.65. The molecule has 0 unspecified atom stereocenters. The number of aromatic nitrogens is 1. The summed E-state index contributed by atoms with van der Waals surface area (Å²) >= 11 is 0. The standard InChI is InChI=1S/C13H11N3O2/c1-18-13(17)11-6-2-5-10(16-11)9-4-3-7-15-12(9)8-14/h3-7,16H,2H2,1H3. The third-order valence-electron chi connectivity index (χ3n) is 2.52. The molecule has 1 aliphatic heterocycles. The Labute approximate surface area is 104 Å².